The maximum absolute atomic E-state index is 3.71. The van der Waals surface area contributed by atoms with Crippen LogP contribution in [0.25, 0.3) is 0 Å². The van der Waals surface area contributed by atoms with E-state index in [2.05, 4.69) is 43.5 Å². The maximum Gasteiger partial charge on any atom is 0.208 e. The SMILES string of the molecule is C=CCN1[C]N(CC=C)C(C)=C1C. The second-order valence-corrected chi connectivity index (χ2v) is 3.07. The Kier molecular flexibility index (Phi) is 3.18. The molecule has 0 aromatic rings. The molecule has 1 rings (SSSR count). The lowest BCUT2D eigenvalue weighted by Gasteiger charge is -2.18. The summed E-state index contributed by atoms with van der Waals surface area (Å²) < 4.78 is 0. The van der Waals surface area contributed by atoms with Gasteiger partial charge in [-0.1, -0.05) is 12.2 Å². The zero-order chi connectivity index (χ0) is 9.84. The van der Waals surface area contributed by atoms with Crippen LogP contribution in [-0.2, 0) is 0 Å². The fourth-order valence-corrected chi connectivity index (χ4v) is 1.30. The van der Waals surface area contributed by atoms with Gasteiger partial charge in [-0.25, -0.2) is 0 Å². The van der Waals surface area contributed by atoms with Crippen molar-refractivity contribution >= 4 is 0 Å². The normalized spacial score (nSPS) is 16.8. The summed E-state index contributed by atoms with van der Waals surface area (Å²) in [6.45, 7) is 16.5. The Morgan fingerprint density at radius 1 is 1.08 bits per heavy atom. The van der Waals surface area contributed by atoms with Crippen LogP contribution in [0.4, 0.5) is 0 Å². The molecule has 1 aliphatic heterocycles. The maximum atomic E-state index is 3.71. The Hall–Kier alpha value is -1.18. The third kappa shape index (κ3) is 1.94. The van der Waals surface area contributed by atoms with Crippen molar-refractivity contribution in [1.29, 1.82) is 0 Å². The summed E-state index contributed by atoms with van der Waals surface area (Å²) in [5, 5.41) is 0. The highest BCUT2D eigenvalue weighted by atomic mass is 15.4. The van der Waals surface area contributed by atoms with Gasteiger partial charge in [-0.15, -0.1) is 13.2 Å². The molecular weight excluding hydrogens is 160 g/mol. The van der Waals surface area contributed by atoms with Crippen molar-refractivity contribution < 1.29 is 0 Å². The van der Waals surface area contributed by atoms with Crippen LogP contribution in [-0.4, -0.2) is 22.9 Å². The average molecular weight is 176 g/mol. The van der Waals surface area contributed by atoms with E-state index in [-0.39, 0.29) is 0 Å². The van der Waals surface area contributed by atoms with Crippen molar-refractivity contribution in [3.63, 3.8) is 0 Å². The highest BCUT2D eigenvalue weighted by Crippen LogP contribution is 2.25. The summed E-state index contributed by atoms with van der Waals surface area (Å²) in [4.78, 5) is 4.12. The van der Waals surface area contributed by atoms with Gasteiger partial charge >= 0.3 is 0 Å². The fraction of sp³-hybridized carbons (Fsp3) is 0.364. The van der Waals surface area contributed by atoms with Crippen molar-refractivity contribution in [3.05, 3.63) is 43.4 Å². The summed E-state index contributed by atoms with van der Waals surface area (Å²) in [6, 6.07) is 0. The number of hydrogen-bond donors (Lipinski definition) is 0. The predicted molar refractivity (Wildman–Crippen MR) is 55.4 cm³/mol. The van der Waals surface area contributed by atoms with E-state index in [1.54, 1.807) is 0 Å². The summed E-state index contributed by atoms with van der Waals surface area (Å²) in [5.74, 6) is 0. The van der Waals surface area contributed by atoms with E-state index in [4.69, 9.17) is 0 Å². The van der Waals surface area contributed by atoms with Crippen LogP contribution in [0.5, 0.6) is 0 Å². The average Bonchev–Trinajstić information content (AvgIpc) is 2.36. The van der Waals surface area contributed by atoms with E-state index in [0.717, 1.165) is 13.1 Å². The zero-order valence-electron chi connectivity index (χ0n) is 8.38. The van der Waals surface area contributed by atoms with Crippen LogP contribution in [0.15, 0.2) is 36.7 Å². The molecule has 0 amide bonds. The van der Waals surface area contributed by atoms with E-state index >= 15 is 0 Å². The van der Waals surface area contributed by atoms with E-state index in [9.17, 15) is 0 Å². The Morgan fingerprint density at radius 2 is 1.46 bits per heavy atom. The molecule has 0 bridgehead atoms. The van der Waals surface area contributed by atoms with Gasteiger partial charge in [0.15, 0.2) is 0 Å². The Bertz CT molecular complexity index is 216. The van der Waals surface area contributed by atoms with Crippen molar-refractivity contribution in [2.75, 3.05) is 13.1 Å². The Labute approximate surface area is 80.8 Å². The lowest BCUT2D eigenvalue weighted by atomic mass is 10.3. The quantitative estimate of drug-likeness (QED) is 0.606. The van der Waals surface area contributed by atoms with Gasteiger partial charge in [0.2, 0.25) is 6.67 Å². The van der Waals surface area contributed by atoms with Gasteiger partial charge in [0.25, 0.3) is 0 Å². The van der Waals surface area contributed by atoms with Crippen LogP contribution in [0.2, 0.25) is 0 Å². The fourth-order valence-electron chi connectivity index (χ4n) is 1.30. The highest BCUT2D eigenvalue weighted by molar-refractivity contribution is 5.18. The van der Waals surface area contributed by atoms with Gasteiger partial charge in [0.1, 0.15) is 0 Å². The molecule has 1 aliphatic rings. The van der Waals surface area contributed by atoms with Crippen LogP contribution < -0.4 is 0 Å². The van der Waals surface area contributed by atoms with E-state index in [1.807, 2.05) is 12.2 Å². The molecule has 0 saturated heterocycles. The topological polar surface area (TPSA) is 6.48 Å². The van der Waals surface area contributed by atoms with Gasteiger partial charge in [0.05, 0.1) is 0 Å². The molecule has 0 N–H and O–H groups in total. The molecule has 0 atom stereocenters. The molecule has 2 nitrogen and oxygen atoms in total. The first-order chi connectivity index (χ1) is 6.20. The highest BCUT2D eigenvalue weighted by Gasteiger charge is 2.22. The van der Waals surface area contributed by atoms with Gasteiger partial charge < -0.3 is 9.80 Å². The lowest BCUT2D eigenvalue weighted by Crippen LogP contribution is -2.21. The number of nitrogens with zero attached hydrogens (tertiary/aromatic N) is 2. The van der Waals surface area contributed by atoms with E-state index < -0.39 is 0 Å². The molecule has 2 heteroatoms. The first-order valence-electron chi connectivity index (χ1n) is 4.41. The summed E-state index contributed by atoms with van der Waals surface area (Å²) in [5.41, 5.74) is 2.48. The summed E-state index contributed by atoms with van der Waals surface area (Å²) in [7, 11) is 0. The van der Waals surface area contributed by atoms with Gasteiger partial charge in [0, 0.05) is 24.5 Å². The first-order valence-corrected chi connectivity index (χ1v) is 4.41. The number of rotatable bonds is 4. The minimum absolute atomic E-state index is 0.816. The van der Waals surface area contributed by atoms with Crippen molar-refractivity contribution in [2.24, 2.45) is 0 Å². The summed E-state index contributed by atoms with van der Waals surface area (Å²) in [6.07, 6.45) is 3.75. The third-order valence-corrected chi connectivity index (χ3v) is 2.20. The van der Waals surface area contributed by atoms with Gasteiger partial charge in [-0.05, 0) is 13.8 Å². The largest absolute Gasteiger partial charge is 0.340 e. The second-order valence-electron chi connectivity index (χ2n) is 3.07. The van der Waals surface area contributed by atoms with Crippen LogP contribution in [0, 0.1) is 6.67 Å². The molecule has 2 radical (unpaired) electrons. The molecule has 0 saturated carbocycles. The van der Waals surface area contributed by atoms with Gasteiger partial charge in [-0.3, -0.25) is 0 Å². The molecular formula is C11H16N2. The predicted octanol–water partition coefficient (Wildman–Crippen LogP) is 2.22. The minimum atomic E-state index is 0.816. The lowest BCUT2D eigenvalue weighted by molar-refractivity contribution is 0.364. The van der Waals surface area contributed by atoms with E-state index in [1.165, 1.54) is 11.4 Å². The van der Waals surface area contributed by atoms with Crippen molar-refractivity contribution in [3.8, 4) is 0 Å². The molecule has 0 aromatic carbocycles. The monoisotopic (exact) mass is 176 g/mol. The molecule has 0 aromatic heterocycles. The third-order valence-electron chi connectivity index (χ3n) is 2.20. The Morgan fingerprint density at radius 3 is 1.77 bits per heavy atom. The Balaban J connectivity index is 2.68. The first kappa shape index (κ1) is 9.90. The smallest absolute Gasteiger partial charge is 0.208 e. The molecule has 0 aliphatic carbocycles. The number of hydrogen-bond acceptors (Lipinski definition) is 2. The standard InChI is InChI=1S/C11H16N2/c1-5-7-12-9-13(8-6-2)11(4)10(12)3/h5-6H,1-2,7-8H2,3-4H3. The molecule has 1 heterocycles. The van der Waals surface area contributed by atoms with Crippen LogP contribution in [0.3, 0.4) is 0 Å². The van der Waals surface area contributed by atoms with Crippen molar-refractivity contribution in [2.45, 2.75) is 13.8 Å². The van der Waals surface area contributed by atoms with Crippen molar-refractivity contribution in [1.82, 2.24) is 9.80 Å². The molecule has 13 heavy (non-hydrogen) atoms. The zero-order valence-corrected chi connectivity index (χ0v) is 8.38. The van der Waals surface area contributed by atoms with Crippen LogP contribution >= 0.6 is 0 Å². The molecule has 70 valence electrons. The molecule has 0 spiro atoms. The summed E-state index contributed by atoms with van der Waals surface area (Å²) >= 11 is 0. The number of allylic oxidation sites excluding steroid dienone is 2. The molecule has 0 fully saturated rings. The second kappa shape index (κ2) is 4.17. The molecule has 0 unspecified atom stereocenters. The minimum Gasteiger partial charge on any atom is -0.340 e. The van der Waals surface area contributed by atoms with E-state index in [0.29, 0.717) is 0 Å². The van der Waals surface area contributed by atoms with Gasteiger partial charge in [-0.2, -0.15) is 0 Å². The van der Waals surface area contributed by atoms with Crippen LogP contribution in [0.1, 0.15) is 13.8 Å².